The summed E-state index contributed by atoms with van der Waals surface area (Å²) in [5, 5.41) is 9.18. The van der Waals surface area contributed by atoms with Gasteiger partial charge in [0.25, 0.3) is 0 Å². The molecule has 2 atom stereocenters. The zero-order valence-electron chi connectivity index (χ0n) is 12.0. The smallest absolute Gasteiger partial charge is 0.322 e. The van der Waals surface area contributed by atoms with Crippen LogP contribution < -0.4 is 4.72 Å². The number of rotatable bonds is 7. The Morgan fingerprint density at radius 3 is 2.40 bits per heavy atom. The van der Waals surface area contributed by atoms with E-state index in [0.717, 1.165) is 0 Å². The Balaban J connectivity index is 3.13. The molecule has 0 aromatic heterocycles. The van der Waals surface area contributed by atoms with E-state index in [1.165, 1.54) is 6.07 Å². The lowest BCUT2D eigenvalue weighted by Gasteiger charge is -2.20. The van der Waals surface area contributed by atoms with Crippen molar-refractivity contribution in [3.8, 4) is 0 Å². The molecule has 0 unspecified atom stereocenters. The van der Waals surface area contributed by atoms with E-state index in [9.17, 15) is 18.3 Å². The summed E-state index contributed by atoms with van der Waals surface area (Å²) >= 11 is 0. The molecule has 0 aliphatic rings. The Labute approximate surface area is 120 Å². The lowest BCUT2D eigenvalue weighted by Crippen LogP contribution is -2.45. The fourth-order valence-electron chi connectivity index (χ4n) is 1.93. The zero-order chi connectivity index (χ0) is 15.3. The largest absolute Gasteiger partial charge is 0.480 e. The van der Waals surface area contributed by atoms with Crippen LogP contribution in [-0.2, 0) is 21.2 Å². The third-order valence-electron chi connectivity index (χ3n) is 3.40. The van der Waals surface area contributed by atoms with E-state index in [2.05, 4.69) is 4.72 Å². The Kier molecular flexibility index (Phi) is 5.71. The molecule has 2 N–H and O–H groups in total. The van der Waals surface area contributed by atoms with Crippen molar-refractivity contribution in [3.63, 3.8) is 0 Å². The number of hydrogen-bond donors (Lipinski definition) is 2. The Morgan fingerprint density at radius 2 is 1.90 bits per heavy atom. The van der Waals surface area contributed by atoms with E-state index in [1.807, 2.05) is 13.8 Å². The minimum absolute atomic E-state index is 0.150. The maximum absolute atomic E-state index is 12.4. The SMILES string of the molecule is CCc1ccccc1S(=O)(=O)N[C@H](C(=O)O)[C@@H](C)CC. The summed E-state index contributed by atoms with van der Waals surface area (Å²) in [5.74, 6) is -1.44. The average Bonchev–Trinajstić information content (AvgIpc) is 2.43. The van der Waals surface area contributed by atoms with Gasteiger partial charge in [0.1, 0.15) is 6.04 Å². The highest BCUT2D eigenvalue weighted by molar-refractivity contribution is 7.89. The molecule has 1 aromatic carbocycles. The zero-order valence-corrected chi connectivity index (χ0v) is 12.8. The maximum Gasteiger partial charge on any atom is 0.322 e. The van der Waals surface area contributed by atoms with Crippen molar-refractivity contribution < 1.29 is 18.3 Å². The quantitative estimate of drug-likeness (QED) is 0.807. The van der Waals surface area contributed by atoms with Crippen LogP contribution in [0.5, 0.6) is 0 Å². The van der Waals surface area contributed by atoms with Gasteiger partial charge < -0.3 is 5.11 Å². The molecule has 20 heavy (non-hydrogen) atoms. The Hall–Kier alpha value is -1.40. The second kappa shape index (κ2) is 6.85. The Morgan fingerprint density at radius 1 is 1.30 bits per heavy atom. The van der Waals surface area contributed by atoms with Gasteiger partial charge in [0.2, 0.25) is 10.0 Å². The summed E-state index contributed by atoms with van der Waals surface area (Å²) in [5.41, 5.74) is 0.674. The highest BCUT2D eigenvalue weighted by atomic mass is 32.2. The molecular weight excluding hydrogens is 278 g/mol. The van der Waals surface area contributed by atoms with E-state index in [1.54, 1.807) is 25.1 Å². The van der Waals surface area contributed by atoms with Crippen LogP contribution in [0.4, 0.5) is 0 Å². The van der Waals surface area contributed by atoms with Crippen LogP contribution in [0.15, 0.2) is 29.2 Å². The molecule has 0 saturated carbocycles. The van der Waals surface area contributed by atoms with Crippen molar-refractivity contribution >= 4 is 16.0 Å². The van der Waals surface area contributed by atoms with Crippen molar-refractivity contribution in [2.45, 2.75) is 44.6 Å². The van der Waals surface area contributed by atoms with Crippen molar-refractivity contribution in [1.29, 1.82) is 0 Å². The van der Waals surface area contributed by atoms with Gasteiger partial charge in [-0.3, -0.25) is 4.79 Å². The number of hydrogen-bond acceptors (Lipinski definition) is 3. The number of aliphatic carboxylic acids is 1. The van der Waals surface area contributed by atoms with Crippen molar-refractivity contribution in [2.24, 2.45) is 5.92 Å². The minimum Gasteiger partial charge on any atom is -0.480 e. The highest BCUT2D eigenvalue weighted by Gasteiger charge is 2.30. The van der Waals surface area contributed by atoms with E-state index in [4.69, 9.17) is 0 Å². The molecule has 0 radical (unpaired) electrons. The van der Waals surface area contributed by atoms with Crippen LogP contribution in [0.2, 0.25) is 0 Å². The fraction of sp³-hybridized carbons (Fsp3) is 0.500. The van der Waals surface area contributed by atoms with Gasteiger partial charge in [-0.15, -0.1) is 0 Å². The molecular formula is C14H21NO4S. The second-order valence-electron chi connectivity index (χ2n) is 4.78. The average molecular weight is 299 g/mol. The fourth-order valence-corrected chi connectivity index (χ4v) is 3.54. The molecule has 1 aromatic rings. The van der Waals surface area contributed by atoms with Crippen molar-refractivity contribution in [1.82, 2.24) is 4.72 Å². The number of nitrogens with one attached hydrogen (secondary N) is 1. The summed E-state index contributed by atoms with van der Waals surface area (Å²) < 4.78 is 27.1. The van der Waals surface area contributed by atoms with Gasteiger partial charge in [-0.25, -0.2) is 8.42 Å². The number of carboxylic acid groups (broad SMARTS) is 1. The lowest BCUT2D eigenvalue weighted by atomic mass is 10.0. The first kappa shape index (κ1) is 16.7. The van der Waals surface area contributed by atoms with Gasteiger partial charge in [0.15, 0.2) is 0 Å². The summed E-state index contributed by atoms with van der Waals surface area (Å²) in [4.78, 5) is 11.4. The van der Waals surface area contributed by atoms with Crippen LogP contribution in [0.1, 0.15) is 32.8 Å². The van der Waals surface area contributed by atoms with Gasteiger partial charge in [-0.2, -0.15) is 4.72 Å². The first-order valence-corrected chi connectivity index (χ1v) is 8.14. The number of carbonyl (C=O) groups is 1. The first-order valence-electron chi connectivity index (χ1n) is 6.66. The van der Waals surface area contributed by atoms with E-state index < -0.39 is 22.0 Å². The number of carboxylic acids is 1. The molecule has 0 heterocycles. The van der Waals surface area contributed by atoms with Crippen LogP contribution in [0.3, 0.4) is 0 Å². The molecule has 0 fully saturated rings. The van der Waals surface area contributed by atoms with E-state index in [0.29, 0.717) is 18.4 Å². The van der Waals surface area contributed by atoms with Gasteiger partial charge in [-0.05, 0) is 24.0 Å². The molecule has 6 heteroatoms. The van der Waals surface area contributed by atoms with E-state index >= 15 is 0 Å². The van der Waals surface area contributed by atoms with Crippen molar-refractivity contribution in [2.75, 3.05) is 0 Å². The molecule has 112 valence electrons. The summed E-state index contributed by atoms with van der Waals surface area (Å²) in [6.45, 7) is 5.40. The minimum atomic E-state index is -3.83. The summed E-state index contributed by atoms with van der Waals surface area (Å²) in [6.07, 6.45) is 1.15. The monoisotopic (exact) mass is 299 g/mol. The van der Waals surface area contributed by atoms with Crippen molar-refractivity contribution in [3.05, 3.63) is 29.8 Å². The van der Waals surface area contributed by atoms with E-state index in [-0.39, 0.29) is 10.8 Å². The summed E-state index contributed by atoms with van der Waals surface area (Å²) in [6, 6.07) is 5.51. The summed E-state index contributed by atoms with van der Waals surface area (Å²) in [7, 11) is -3.83. The molecule has 1 rings (SSSR count). The second-order valence-corrected chi connectivity index (χ2v) is 6.47. The number of aryl methyl sites for hydroxylation is 1. The maximum atomic E-state index is 12.4. The van der Waals surface area contributed by atoms with Crippen LogP contribution in [-0.4, -0.2) is 25.5 Å². The van der Waals surface area contributed by atoms with Crippen LogP contribution in [0, 0.1) is 5.92 Å². The molecule has 0 amide bonds. The predicted molar refractivity (Wildman–Crippen MR) is 77.0 cm³/mol. The molecule has 0 bridgehead atoms. The van der Waals surface area contributed by atoms with Gasteiger partial charge in [0, 0.05) is 0 Å². The normalized spacial score (nSPS) is 14.8. The predicted octanol–water partition coefficient (Wildman–Crippen LogP) is 2.03. The third kappa shape index (κ3) is 3.80. The van der Waals surface area contributed by atoms with Crippen LogP contribution >= 0.6 is 0 Å². The van der Waals surface area contributed by atoms with Gasteiger partial charge in [0.05, 0.1) is 4.90 Å². The molecule has 0 aliphatic carbocycles. The molecule has 0 saturated heterocycles. The molecule has 5 nitrogen and oxygen atoms in total. The standard InChI is InChI=1S/C14H21NO4S/c1-4-10(3)13(14(16)17)15-20(18,19)12-9-7-6-8-11(12)5-2/h6-10,13,15H,4-5H2,1-3H3,(H,16,17)/t10-,13-/m0/s1. The highest BCUT2D eigenvalue weighted by Crippen LogP contribution is 2.18. The molecule has 0 aliphatic heterocycles. The first-order chi connectivity index (χ1) is 9.33. The Bertz CT molecular complexity index is 568. The third-order valence-corrected chi connectivity index (χ3v) is 4.95. The van der Waals surface area contributed by atoms with Gasteiger partial charge in [-0.1, -0.05) is 45.4 Å². The number of benzene rings is 1. The topological polar surface area (TPSA) is 83.5 Å². The molecule has 0 spiro atoms. The van der Waals surface area contributed by atoms with Crippen LogP contribution in [0.25, 0.3) is 0 Å². The van der Waals surface area contributed by atoms with Gasteiger partial charge >= 0.3 is 5.97 Å². The lowest BCUT2D eigenvalue weighted by molar-refractivity contribution is -0.140. The number of sulfonamides is 1.